The molecule has 5 rings (SSSR count). The molecule has 0 aromatic rings. The van der Waals surface area contributed by atoms with Gasteiger partial charge >= 0.3 is 0 Å². The first-order valence-electron chi connectivity index (χ1n) is 19.4. The molecule has 0 aromatic carbocycles. The maximum Gasteiger partial charge on any atom is 0.158 e. The van der Waals surface area contributed by atoms with Gasteiger partial charge in [0.2, 0.25) is 0 Å². The van der Waals surface area contributed by atoms with Crippen molar-refractivity contribution in [3.8, 4) is 0 Å². The number of rotatable bonds is 18. The normalized spacial score (nSPS) is 35.2. The molecule has 9 atom stereocenters. The van der Waals surface area contributed by atoms with E-state index in [-0.39, 0.29) is 49.4 Å². The quantitative estimate of drug-likeness (QED) is 0.108. The Hall–Kier alpha value is -0.580. The Balaban J connectivity index is 1.20. The molecular formula is C38H66O8. The Morgan fingerprint density at radius 1 is 0.609 bits per heavy atom. The molecule has 8 heteroatoms. The van der Waals surface area contributed by atoms with Crippen LogP contribution in [0.15, 0.2) is 12.2 Å². The Kier molecular flexibility index (Phi) is 16.6. The Morgan fingerprint density at radius 3 is 1.74 bits per heavy atom. The molecule has 5 aliphatic rings. The molecule has 0 aromatic heterocycles. The van der Waals surface area contributed by atoms with Gasteiger partial charge in [0, 0.05) is 45.4 Å². The zero-order valence-electron chi connectivity index (χ0n) is 29.2. The van der Waals surface area contributed by atoms with Crippen molar-refractivity contribution in [3.63, 3.8) is 0 Å². The van der Waals surface area contributed by atoms with Gasteiger partial charge in [-0.15, -0.1) is 0 Å². The maximum absolute atomic E-state index is 6.80. The van der Waals surface area contributed by atoms with Gasteiger partial charge in [0.1, 0.15) is 0 Å². The molecule has 0 spiro atoms. The van der Waals surface area contributed by atoms with Crippen molar-refractivity contribution in [2.45, 2.75) is 179 Å². The summed E-state index contributed by atoms with van der Waals surface area (Å²) in [4.78, 5) is 0. The molecule has 4 saturated heterocycles. The maximum atomic E-state index is 6.80. The van der Waals surface area contributed by atoms with E-state index < -0.39 is 0 Å². The smallest absolute Gasteiger partial charge is 0.158 e. The lowest BCUT2D eigenvalue weighted by molar-refractivity contribution is -0.204. The van der Waals surface area contributed by atoms with Crippen LogP contribution >= 0.6 is 0 Å². The van der Waals surface area contributed by atoms with E-state index in [1.807, 2.05) is 0 Å². The van der Waals surface area contributed by atoms with Crippen LogP contribution in [0.3, 0.4) is 0 Å². The summed E-state index contributed by atoms with van der Waals surface area (Å²) in [6.07, 6.45) is 25.9. The summed E-state index contributed by atoms with van der Waals surface area (Å²) in [5, 5.41) is 0. The molecule has 4 aliphatic heterocycles. The minimum absolute atomic E-state index is 0.0122. The van der Waals surface area contributed by atoms with Crippen molar-refractivity contribution in [1.29, 1.82) is 0 Å². The largest absolute Gasteiger partial charge is 0.353 e. The van der Waals surface area contributed by atoms with Gasteiger partial charge in [-0.25, -0.2) is 0 Å². The molecule has 266 valence electrons. The van der Waals surface area contributed by atoms with Crippen molar-refractivity contribution >= 4 is 0 Å². The second-order valence-electron chi connectivity index (χ2n) is 14.7. The minimum atomic E-state index is -0.117. The summed E-state index contributed by atoms with van der Waals surface area (Å²) >= 11 is 0. The van der Waals surface area contributed by atoms with E-state index in [4.69, 9.17) is 37.9 Å². The van der Waals surface area contributed by atoms with Crippen LogP contribution in [-0.4, -0.2) is 76.5 Å². The highest BCUT2D eigenvalue weighted by Crippen LogP contribution is 2.43. The zero-order valence-corrected chi connectivity index (χ0v) is 29.2. The van der Waals surface area contributed by atoms with Crippen LogP contribution in [0.4, 0.5) is 0 Å². The first-order valence-corrected chi connectivity index (χ1v) is 19.4. The number of hydrogen-bond acceptors (Lipinski definition) is 8. The van der Waals surface area contributed by atoms with Gasteiger partial charge in [0.25, 0.3) is 0 Å². The lowest BCUT2D eigenvalue weighted by atomic mass is 9.87. The summed E-state index contributed by atoms with van der Waals surface area (Å²) in [5.74, 6) is 0.986. The van der Waals surface area contributed by atoms with E-state index in [0.717, 1.165) is 97.2 Å². The molecule has 0 bridgehead atoms. The predicted octanol–water partition coefficient (Wildman–Crippen LogP) is 8.45. The zero-order chi connectivity index (χ0) is 31.8. The average molecular weight is 651 g/mol. The molecule has 0 amide bonds. The molecular weight excluding hydrogens is 584 g/mol. The van der Waals surface area contributed by atoms with Gasteiger partial charge in [-0.05, 0) is 102 Å². The van der Waals surface area contributed by atoms with Gasteiger partial charge < -0.3 is 37.9 Å². The average Bonchev–Trinajstić information content (AvgIpc) is 3.40. The summed E-state index contributed by atoms with van der Waals surface area (Å²) in [6, 6.07) is 0. The minimum Gasteiger partial charge on any atom is -0.353 e. The second-order valence-corrected chi connectivity index (χ2v) is 14.7. The van der Waals surface area contributed by atoms with E-state index in [9.17, 15) is 0 Å². The number of ether oxygens (including phenoxy) is 8. The van der Waals surface area contributed by atoms with E-state index in [1.165, 1.54) is 57.8 Å². The SMILES string of the molecule is CC(C)[C@H](/C=C/[C@@H]1[C@@H](CCCCCCCOC2CCCCO2)[C@H](OC2CCCCO2)C[C@H]1OC1CCCCO1)OC1CCCCO1. The van der Waals surface area contributed by atoms with Gasteiger partial charge in [0.15, 0.2) is 25.2 Å². The van der Waals surface area contributed by atoms with Crippen LogP contribution in [0.25, 0.3) is 0 Å². The van der Waals surface area contributed by atoms with Gasteiger partial charge in [-0.2, -0.15) is 0 Å². The van der Waals surface area contributed by atoms with Crippen LogP contribution in [0, 0.1) is 17.8 Å². The molecule has 5 fully saturated rings. The fourth-order valence-electron chi connectivity index (χ4n) is 7.79. The molecule has 0 N–H and O–H groups in total. The van der Waals surface area contributed by atoms with E-state index in [0.29, 0.717) is 11.8 Å². The molecule has 0 radical (unpaired) electrons. The first-order chi connectivity index (χ1) is 22.7. The van der Waals surface area contributed by atoms with E-state index in [1.54, 1.807) is 0 Å². The van der Waals surface area contributed by atoms with Crippen molar-refractivity contribution in [2.75, 3.05) is 33.0 Å². The van der Waals surface area contributed by atoms with Gasteiger partial charge in [-0.3, -0.25) is 0 Å². The van der Waals surface area contributed by atoms with Crippen LogP contribution < -0.4 is 0 Å². The third-order valence-electron chi connectivity index (χ3n) is 10.5. The lowest BCUT2D eigenvalue weighted by Crippen LogP contribution is -2.32. The van der Waals surface area contributed by atoms with Gasteiger partial charge in [-0.1, -0.05) is 51.7 Å². The molecule has 46 heavy (non-hydrogen) atoms. The molecule has 1 aliphatic carbocycles. The first kappa shape index (κ1) is 36.7. The molecule has 4 unspecified atom stereocenters. The molecule has 1 saturated carbocycles. The van der Waals surface area contributed by atoms with Crippen LogP contribution in [0.5, 0.6) is 0 Å². The van der Waals surface area contributed by atoms with E-state index in [2.05, 4.69) is 26.0 Å². The third kappa shape index (κ3) is 12.4. The fraction of sp³-hybridized carbons (Fsp3) is 0.947. The third-order valence-corrected chi connectivity index (χ3v) is 10.5. The van der Waals surface area contributed by atoms with Crippen molar-refractivity contribution in [3.05, 3.63) is 12.2 Å². The van der Waals surface area contributed by atoms with Crippen molar-refractivity contribution < 1.29 is 37.9 Å². The van der Waals surface area contributed by atoms with Crippen LogP contribution in [0.1, 0.15) is 136 Å². The Bertz CT molecular complexity index is 814. The van der Waals surface area contributed by atoms with Crippen molar-refractivity contribution in [2.24, 2.45) is 17.8 Å². The monoisotopic (exact) mass is 650 g/mol. The Morgan fingerprint density at radius 2 is 1.15 bits per heavy atom. The molecule has 8 nitrogen and oxygen atoms in total. The summed E-state index contributed by atoms with van der Waals surface area (Å²) in [6.45, 7) is 8.53. The highest BCUT2D eigenvalue weighted by atomic mass is 16.7. The van der Waals surface area contributed by atoms with Crippen LogP contribution in [0.2, 0.25) is 0 Å². The second kappa shape index (κ2) is 20.8. The number of hydrogen-bond donors (Lipinski definition) is 0. The number of unbranched alkanes of at least 4 members (excludes halogenated alkanes) is 4. The van der Waals surface area contributed by atoms with Crippen molar-refractivity contribution in [1.82, 2.24) is 0 Å². The Labute approximate surface area is 279 Å². The predicted molar refractivity (Wildman–Crippen MR) is 178 cm³/mol. The topological polar surface area (TPSA) is 73.8 Å². The highest BCUT2D eigenvalue weighted by molar-refractivity contribution is 5.06. The summed E-state index contributed by atoms with van der Waals surface area (Å²) in [5.41, 5.74) is 0. The van der Waals surface area contributed by atoms with Crippen LogP contribution in [-0.2, 0) is 37.9 Å². The van der Waals surface area contributed by atoms with E-state index >= 15 is 0 Å². The standard InChI is InChI=1S/C38H66O8/c1-29(2)32(44-36-18-8-13-25-41-36)22-21-31-30(16-6-4-3-5-11-23-39-35-17-7-12-24-40-35)33(45-37-19-9-14-26-42-37)28-34(31)46-38-20-10-15-27-43-38/h21-22,29-38H,3-20,23-28H2,1-2H3/b22-21+/t30-,31-,32+,33-,34-,35?,36?,37?,38?/m1/s1. The van der Waals surface area contributed by atoms with Gasteiger partial charge in [0.05, 0.1) is 18.3 Å². The summed E-state index contributed by atoms with van der Waals surface area (Å²) in [7, 11) is 0. The molecule has 4 heterocycles. The fourth-order valence-corrected chi connectivity index (χ4v) is 7.79. The summed E-state index contributed by atoms with van der Waals surface area (Å²) < 4.78 is 49.9. The highest BCUT2D eigenvalue weighted by Gasteiger charge is 2.45. The lowest BCUT2D eigenvalue weighted by Gasteiger charge is -2.31.